The quantitative estimate of drug-likeness (QED) is 0.765. The predicted octanol–water partition coefficient (Wildman–Crippen LogP) is 1.77. The van der Waals surface area contributed by atoms with E-state index in [4.69, 9.17) is 4.42 Å². The van der Waals surface area contributed by atoms with Crippen molar-refractivity contribution in [2.24, 2.45) is 0 Å². The van der Waals surface area contributed by atoms with Gasteiger partial charge in [-0.1, -0.05) is 13.8 Å². The molecule has 1 N–H and O–H groups in total. The lowest BCUT2D eigenvalue weighted by molar-refractivity contribution is 0.255. The van der Waals surface area contributed by atoms with Crippen molar-refractivity contribution in [1.82, 2.24) is 15.1 Å². The molecule has 0 atom stereocenters. The SMILES string of the molecule is CC(C)NCc1ccc(CN(C)CCN(C)C)o1. The number of furan rings is 1. The van der Waals surface area contributed by atoms with Crippen LogP contribution in [0.1, 0.15) is 25.4 Å². The van der Waals surface area contributed by atoms with Crippen LogP contribution < -0.4 is 5.32 Å². The molecule has 1 aromatic heterocycles. The summed E-state index contributed by atoms with van der Waals surface area (Å²) in [5.41, 5.74) is 0. The van der Waals surface area contributed by atoms with Gasteiger partial charge in [-0.3, -0.25) is 4.90 Å². The first kappa shape index (κ1) is 15.2. The maximum absolute atomic E-state index is 5.79. The molecule has 0 saturated carbocycles. The van der Waals surface area contributed by atoms with Crippen LogP contribution in [0.15, 0.2) is 16.5 Å². The van der Waals surface area contributed by atoms with Gasteiger partial charge in [0.1, 0.15) is 11.5 Å². The maximum atomic E-state index is 5.79. The molecular formula is C14H27N3O. The van der Waals surface area contributed by atoms with E-state index in [1.54, 1.807) is 0 Å². The van der Waals surface area contributed by atoms with Crippen molar-refractivity contribution in [3.63, 3.8) is 0 Å². The molecule has 0 bridgehead atoms. The van der Waals surface area contributed by atoms with E-state index in [-0.39, 0.29) is 0 Å². The average molecular weight is 253 g/mol. The summed E-state index contributed by atoms with van der Waals surface area (Å²) in [4.78, 5) is 4.47. The molecule has 0 aliphatic carbocycles. The Hall–Kier alpha value is -0.840. The molecule has 0 unspecified atom stereocenters. The number of hydrogen-bond acceptors (Lipinski definition) is 4. The average Bonchev–Trinajstić information content (AvgIpc) is 2.71. The summed E-state index contributed by atoms with van der Waals surface area (Å²) in [7, 11) is 6.31. The highest BCUT2D eigenvalue weighted by atomic mass is 16.3. The molecule has 0 aliphatic heterocycles. The Labute approximate surface area is 111 Å². The van der Waals surface area contributed by atoms with Gasteiger partial charge >= 0.3 is 0 Å². The topological polar surface area (TPSA) is 31.6 Å². The van der Waals surface area contributed by atoms with Crippen LogP contribution in [0, 0.1) is 0 Å². The molecule has 0 amide bonds. The zero-order valence-electron chi connectivity index (χ0n) is 12.4. The van der Waals surface area contributed by atoms with E-state index in [9.17, 15) is 0 Å². The van der Waals surface area contributed by atoms with Crippen molar-refractivity contribution in [1.29, 1.82) is 0 Å². The maximum Gasteiger partial charge on any atom is 0.118 e. The summed E-state index contributed by atoms with van der Waals surface area (Å²) in [6, 6.07) is 4.62. The first-order valence-electron chi connectivity index (χ1n) is 6.61. The van der Waals surface area contributed by atoms with Crippen molar-refractivity contribution in [2.45, 2.75) is 33.0 Å². The van der Waals surface area contributed by atoms with Crippen molar-refractivity contribution < 1.29 is 4.42 Å². The smallest absolute Gasteiger partial charge is 0.118 e. The van der Waals surface area contributed by atoms with Crippen LogP contribution in [0.3, 0.4) is 0 Å². The third-order valence-corrected chi connectivity index (χ3v) is 2.76. The lowest BCUT2D eigenvalue weighted by atomic mass is 10.3. The minimum atomic E-state index is 0.487. The molecule has 0 radical (unpaired) electrons. The molecule has 4 nitrogen and oxygen atoms in total. The minimum absolute atomic E-state index is 0.487. The largest absolute Gasteiger partial charge is 0.463 e. The van der Waals surface area contributed by atoms with Crippen LogP contribution in [0.2, 0.25) is 0 Å². The van der Waals surface area contributed by atoms with Crippen LogP contribution in [0.25, 0.3) is 0 Å². The molecule has 18 heavy (non-hydrogen) atoms. The highest BCUT2D eigenvalue weighted by Crippen LogP contribution is 2.10. The van der Waals surface area contributed by atoms with E-state index in [2.05, 4.69) is 62.2 Å². The molecule has 1 rings (SSSR count). The lowest BCUT2D eigenvalue weighted by Gasteiger charge is -2.17. The minimum Gasteiger partial charge on any atom is -0.463 e. The summed E-state index contributed by atoms with van der Waals surface area (Å²) in [6.07, 6.45) is 0. The van der Waals surface area contributed by atoms with Crippen LogP contribution in [-0.2, 0) is 13.1 Å². The molecule has 0 fully saturated rings. The number of likely N-dealkylation sites (N-methyl/N-ethyl adjacent to an activating group) is 2. The van der Waals surface area contributed by atoms with Gasteiger partial charge in [-0.25, -0.2) is 0 Å². The summed E-state index contributed by atoms with van der Waals surface area (Å²) in [5, 5.41) is 3.35. The Morgan fingerprint density at radius 3 is 2.39 bits per heavy atom. The Bertz CT molecular complexity index is 334. The number of nitrogens with zero attached hydrogens (tertiary/aromatic N) is 2. The third-order valence-electron chi connectivity index (χ3n) is 2.76. The second-order valence-electron chi connectivity index (χ2n) is 5.44. The fourth-order valence-electron chi connectivity index (χ4n) is 1.62. The number of hydrogen-bond donors (Lipinski definition) is 1. The van der Waals surface area contributed by atoms with E-state index in [0.717, 1.165) is 37.7 Å². The molecule has 0 aliphatic rings. The molecule has 4 heteroatoms. The highest BCUT2D eigenvalue weighted by Gasteiger charge is 2.06. The second-order valence-corrected chi connectivity index (χ2v) is 5.44. The highest BCUT2D eigenvalue weighted by molar-refractivity contribution is 5.07. The van der Waals surface area contributed by atoms with Gasteiger partial charge in [0.25, 0.3) is 0 Å². The molecule has 0 saturated heterocycles. The summed E-state index contributed by atoms with van der Waals surface area (Å²) in [6.45, 7) is 8.07. The van der Waals surface area contributed by atoms with E-state index in [0.29, 0.717) is 6.04 Å². The van der Waals surface area contributed by atoms with Gasteiger partial charge in [-0.15, -0.1) is 0 Å². The molecule has 1 aromatic rings. The van der Waals surface area contributed by atoms with E-state index in [1.165, 1.54) is 0 Å². The van der Waals surface area contributed by atoms with E-state index < -0.39 is 0 Å². The predicted molar refractivity (Wildman–Crippen MR) is 75.6 cm³/mol. The van der Waals surface area contributed by atoms with Gasteiger partial charge in [0, 0.05) is 19.1 Å². The lowest BCUT2D eigenvalue weighted by Crippen LogP contribution is -2.28. The van der Waals surface area contributed by atoms with Crippen LogP contribution in [0.4, 0.5) is 0 Å². The molecule has 0 spiro atoms. The van der Waals surface area contributed by atoms with Gasteiger partial charge < -0.3 is 14.6 Å². The van der Waals surface area contributed by atoms with Gasteiger partial charge in [-0.2, -0.15) is 0 Å². The van der Waals surface area contributed by atoms with Crippen molar-refractivity contribution >= 4 is 0 Å². The van der Waals surface area contributed by atoms with Gasteiger partial charge in [0.2, 0.25) is 0 Å². The fourth-order valence-corrected chi connectivity index (χ4v) is 1.62. The first-order valence-corrected chi connectivity index (χ1v) is 6.61. The van der Waals surface area contributed by atoms with Crippen molar-refractivity contribution in [3.8, 4) is 0 Å². The number of nitrogens with one attached hydrogen (secondary N) is 1. The Balaban J connectivity index is 2.34. The van der Waals surface area contributed by atoms with Crippen LogP contribution in [-0.4, -0.2) is 50.1 Å². The summed E-state index contributed by atoms with van der Waals surface area (Å²) in [5.74, 6) is 2.05. The Kier molecular flexibility index (Phi) is 6.39. The molecule has 1 heterocycles. The molecule has 104 valence electrons. The third kappa shape index (κ3) is 6.19. The monoisotopic (exact) mass is 253 g/mol. The summed E-state index contributed by atoms with van der Waals surface area (Å²) >= 11 is 0. The van der Waals surface area contributed by atoms with Crippen LogP contribution >= 0.6 is 0 Å². The van der Waals surface area contributed by atoms with E-state index >= 15 is 0 Å². The van der Waals surface area contributed by atoms with Gasteiger partial charge in [-0.05, 0) is 33.3 Å². The van der Waals surface area contributed by atoms with Gasteiger partial charge in [0.15, 0.2) is 0 Å². The van der Waals surface area contributed by atoms with E-state index in [1.807, 2.05) is 0 Å². The van der Waals surface area contributed by atoms with Crippen LogP contribution in [0.5, 0.6) is 0 Å². The first-order chi connectivity index (χ1) is 8.47. The zero-order chi connectivity index (χ0) is 13.5. The van der Waals surface area contributed by atoms with Crippen molar-refractivity contribution in [3.05, 3.63) is 23.7 Å². The fraction of sp³-hybridized carbons (Fsp3) is 0.714. The van der Waals surface area contributed by atoms with Gasteiger partial charge in [0.05, 0.1) is 13.1 Å². The molecule has 0 aromatic carbocycles. The van der Waals surface area contributed by atoms with Crippen molar-refractivity contribution in [2.75, 3.05) is 34.2 Å². The standard InChI is InChI=1S/C14H27N3O/c1-12(2)15-10-13-6-7-14(18-13)11-17(5)9-8-16(3)4/h6-7,12,15H,8-11H2,1-5H3. The zero-order valence-corrected chi connectivity index (χ0v) is 12.4. The second kappa shape index (κ2) is 7.56. The Morgan fingerprint density at radius 2 is 1.78 bits per heavy atom. The normalized spacial score (nSPS) is 12.0. The Morgan fingerprint density at radius 1 is 1.11 bits per heavy atom. The number of rotatable bonds is 8. The molecular weight excluding hydrogens is 226 g/mol. The summed E-state index contributed by atoms with van der Waals surface area (Å²) < 4.78 is 5.79.